The summed E-state index contributed by atoms with van der Waals surface area (Å²) in [7, 11) is -2.09. The molecular formula is C12H20ClN3O3S. The zero-order valence-electron chi connectivity index (χ0n) is 11.6. The zero-order valence-corrected chi connectivity index (χ0v) is 13.3. The van der Waals surface area contributed by atoms with E-state index < -0.39 is 15.6 Å². The number of amides is 1. The molecule has 0 unspecified atom stereocenters. The molecule has 0 radical (unpaired) electrons. The average Bonchev–Trinajstić information content (AvgIpc) is 2.35. The van der Waals surface area contributed by atoms with Crippen molar-refractivity contribution in [2.75, 3.05) is 13.6 Å². The molecule has 1 amide bonds. The lowest BCUT2D eigenvalue weighted by Crippen LogP contribution is -2.45. The molecular weight excluding hydrogens is 302 g/mol. The van der Waals surface area contributed by atoms with Crippen LogP contribution in [0.15, 0.2) is 29.2 Å². The Balaban J connectivity index is 0.00000361. The maximum Gasteiger partial charge on any atom is 0.251 e. The quantitative estimate of drug-likeness (QED) is 0.734. The van der Waals surface area contributed by atoms with Gasteiger partial charge in [-0.1, -0.05) is 0 Å². The Labute approximate surface area is 125 Å². The number of carbonyl (C=O) groups excluding carboxylic acids is 1. The SMILES string of the molecule is CNC(=O)c1ccc(S(=O)(=O)NCC(C)(C)N)cc1.Cl. The van der Waals surface area contributed by atoms with E-state index in [1.54, 1.807) is 13.8 Å². The molecule has 1 aromatic rings. The molecule has 20 heavy (non-hydrogen) atoms. The number of carbonyl (C=O) groups is 1. The predicted octanol–water partition coefficient (Wildman–Crippen LogP) is 0.484. The topological polar surface area (TPSA) is 101 Å². The van der Waals surface area contributed by atoms with Crippen molar-refractivity contribution < 1.29 is 13.2 Å². The number of sulfonamides is 1. The van der Waals surface area contributed by atoms with Gasteiger partial charge in [-0.05, 0) is 38.1 Å². The molecule has 0 aliphatic carbocycles. The summed E-state index contributed by atoms with van der Waals surface area (Å²) in [5, 5.41) is 2.46. The Morgan fingerprint density at radius 1 is 1.25 bits per heavy atom. The van der Waals surface area contributed by atoms with E-state index in [1.165, 1.54) is 31.3 Å². The summed E-state index contributed by atoms with van der Waals surface area (Å²) in [6.07, 6.45) is 0. The minimum atomic E-state index is -3.60. The minimum absolute atomic E-state index is 0. The summed E-state index contributed by atoms with van der Waals surface area (Å²) < 4.78 is 26.3. The highest BCUT2D eigenvalue weighted by Crippen LogP contribution is 2.11. The van der Waals surface area contributed by atoms with Gasteiger partial charge in [-0.25, -0.2) is 13.1 Å². The fourth-order valence-electron chi connectivity index (χ4n) is 1.29. The van der Waals surface area contributed by atoms with Crippen molar-refractivity contribution in [2.24, 2.45) is 5.73 Å². The molecule has 0 fully saturated rings. The lowest BCUT2D eigenvalue weighted by molar-refractivity contribution is 0.0963. The molecule has 1 rings (SSSR count). The molecule has 4 N–H and O–H groups in total. The first-order chi connectivity index (χ1) is 8.65. The number of hydrogen-bond acceptors (Lipinski definition) is 4. The van der Waals surface area contributed by atoms with Gasteiger partial charge in [-0.15, -0.1) is 12.4 Å². The first-order valence-corrected chi connectivity index (χ1v) is 7.25. The number of nitrogens with two attached hydrogens (primary N) is 1. The Morgan fingerprint density at radius 2 is 1.75 bits per heavy atom. The summed E-state index contributed by atoms with van der Waals surface area (Å²) in [5.74, 6) is -0.264. The van der Waals surface area contributed by atoms with Crippen LogP contribution in [-0.2, 0) is 10.0 Å². The van der Waals surface area contributed by atoms with E-state index in [9.17, 15) is 13.2 Å². The van der Waals surface area contributed by atoms with Crippen LogP contribution in [0.2, 0.25) is 0 Å². The Kier molecular flexibility index (Phi) is 6.63. The fraction of sp³-hybridized carbons (Fsp3) is 0.417. The van der Waals surface area contributed by atoms with Crippen LogP contribution in [0.5, 0.6) is 0 Å². The van der Waals surface area contributed by atoms with Gasteiger partial charge >= 0.3 is 0 Å². The van der Waals surface area contributed by atoms with Crippen LogP contribution < -0.4 is 15.8 Å². The normalized spacial score (nSPS) is 11.6. The number of hydrogen-bond donors (Lipinski definition) is 3. The van der Waals surface area contributed by atoms with E-state index in [0.29, 0.717) is 5.56 Å². The maximum absolute atomic E-state index is 12.0. The summed E-state index contributed by atoms with van der Waals surface area (Å²) in [6.45, 7) is 3.58. The Hall–Kier alpha value is -1.15. The van der Waals surface area contributed by atoms with Gasteiger partial charge < -0.3 is 11.1 Å². The predicted molar refractivity (Wildman–Crippen MR) is 80.5 cm³/mol. The number of halogens is 1. The van der Waals surface area contributed by atoms with Crippen LogP contribution in [0, 0.1) is 0 Å². The van der Waals surface area contributed by atoms with E-state index in [0.717, 1.165) is 0 Å². The lowest BCUT2D eigenvalue weighted by atomic mass is 10.1. The highest BCUT2D eigenvalue weighted by Gasteiger charge is 2.18. The fourth-order valence-corrected chi connectivity index (χ4v) is 2.52. The summed E-state index contributed by atoms with van der Waals surface area (Å²) >= 11 is 0. The zero-order chi connectivity index (χ0) is 14.7. The van der Waals surface area contributed by atoms with Gasteiger partial charge in [0.15, 0.2) is 0 Å². The standard InChI is InChI=1S/C12H19N3O3S.ClH/c1-12(2,13)8-15-19(17,18)10-6-4-9(5-7-10)11(16)14-3;/h4-7,15H,8,13H2,1-3H3,(H,14,16);1H. The van der Waals surface area contributed by atoms with Crippen molar-refractivity contribution in [3.63, 3.8) is 0 Å². The maximum atomic E-state index is 12.0. The van der Waals surface area contributed by atoms with Gasteiger partial charge in [-0.3, -0.25) is 4.79 Å². The Morgan fingerprint density at radius 3 is 2.15 bits per heavy atom. The second kappa shape index (κ2) is 7.03. The third kappa shape index (κ3) is 5.46. The van der Waals surface area contributed by atoms with Gasteiger partial charge in [0, 0.05) is 24.7 Å². The van der Waals surface area contributed by atoms with Gasteiger partial charge in [-0.2, -0.15) is 0 Å². The monoisotopic (exact) mass is 321 g/mol. The smallest absolute Gasteiger partial charge is 0.251 e. The van der Waals surface area contributed by atoms with Crippen molar-refractivity contribution >= 4 is 28.3 Å². The Bertz CT molecular complexity index is 550. The molecule has 0 spiro atoms. The van der Waals surface area contributed by atoms with Crippen LogP contribution in [0.3, 0.4) is 0 Å². The third-order valence-electron chi connectivity index (χ3n) is 2.37. The molecule has 0 aromatic heterocycles. The molecule has 0 heterocycles. The molecule has 6 nitrogen and oxygen atoms in total. The van der Waals surface area contributed by atoms with Crippen molar-refractivity contribution in [1.82, 2.24) is 10.0 Å². The first kappa shape index (κ1) is 18.9. The largest absolute Gasteiger partial charge is 0.355 e. The van der Waals surface area contributed by atoms with Crippen molar-refractivity contribution in [3.8, 4) is 0 Å². The summed E-state index contributed by atoms with van der Waals surface area (Å²) in [6, 6.07) is 5.69. The van der Waals surface area contributed by atoms with Crippen LogP contribution >= 0.6 is 12.4 Å². The number of nitrogens with one attached hydrogen (secondary N) is 2. The number of rotatable bonds is 5. The van der Waals surface area contributed by atoms with Crippen molar-refractivity contribution in [1.29, 1.82) is 0 Å². The van der Waals surface area contributed by atoms with E-state index >= 15 is 0 Å². The lowest BCUT2D eigenvalue weighted by Gasteiger charge is -2.18. The van der Waals surface area contributed by atoms with Crippen LogP contribution in [-0.4, -0.2) is 33.5 Å². The summed E-state index contributed by atoms with van der Waals surface area (Å²) in [5.41, 5.74) is 5.50. The molecule has 0 bridgehead atoms. The molecule has 8 heteroatoms. The first-order valence-electron chi connectivity index (χ1n) is 5.76. The molecule has 0 aliphatic heterocycles. The molecule has 0 aliphatic rings. The molecule has 1 aromatic carbocycles. The second-order valence-electron chi connectivity index (χ2n) is 4.92. The van der Waals surface area contributed by atoms with E-state index in [-0.39, 0.29) is 29.8 Å². The van der Waals surface area contributed by atoms with Crippen LogP contribution in [0.25, 0.3) is 0 Å². The summed E-state index contributed by atoms with van der Waals surface area (Å²) in [4.78, 5) is 11.4. The number of benzene rings is 1. The highest BCUT2D eigenvalue weighted by atomic mass is 35.5. The van der Waals surface area contributed by atoms with Crippen molar-refractivity contribution in [2.45, 2.75) is 24.3 Å². The van der Waals surface area contributed by atoms with Gasteiger partial charge in [0.25, 0.3) is 5.91 Å². The minimum Gasteiger partial charge on any atom is -0.355 e. The molecule has 0 saturated carbocycles. The molecule has 0 saturated heterocycles. The third-order valence-corrected chi connectivity index (χ3v) is 3.79. The highest BCUT2D eigenvalue weighted by molar-refractivity contribution is 7.89. The van der Waals surface area contributed by atoms with Crippen LogP contribution in [0.1, 0.15) is 24.2 Å². The van der Waals surface area contributed by atoms with Gasteiger partial charge in [0.1, 0.15) is 0 Å². The van der Waals surface area contributed by atoms with E-state index in [4.69, 9.17) is 5.73 Å². The second-order valence-corrected chi connectivity index (χ2v) is 6.68. The van der Waals surface area contributed by atoms with E-state index in [1.807, 2.05) is 0 Å². The van der Waals surface area contributed by atoms with Gasteiger partial charge in [0.2, 0.25) is 10.0 Å². The van der Waals surface area contributed by atoms with Crippen molar-refractivity contribution in [3.05, 3.63) is 29.8 Å². The molecule has 0 atom stereocenters. The van der Waals surface area contributed by atoms with Crippen LogP contribution in [0.4, 0.5) is 0 Å². The van der Waals surface area contributed by atoms with E-state index in [2.05, 4.69) is 10.0 Å². The van der Waals surface area contributed by atoms with Gasteiger partial charge in [0.05, 0.1) is 4.90 Å². The average molecular weight is 322 g/mol. The molecule has 114 valence electrons.